The molecule has 1 fully saturated rings. The summed E-state index contributed by atoms with van der Waals surface area (Å²) in [7, 11) is -3.38. The largest absolute Gasteiger partial charge is 0.379 e. The zero-order chi connectivity index (χ0) is 15.1. The highest BCUT2D eigenvalue weighted by atomic mass is 32.2. The second-order valence-electron chi connectivity index (χ2n) is 5.11. The van der Waals surface area contributed by atoms with Gasteiger partial charge in [0, 0.05) is 31.6 Å². The fourth-order valence-corrected chi connectivity index (χ4v) is 2.87. The van der Waals surface area contributed by atoms with E-state index in [1.54, 1.807) is 6.08 Å². The van der Waals surface area contributed by atoms with Gasteiger partial charge in [-0.05, 0) is 18.6 Å². The monoisotopic (exact) mass is 310 g/mol. The van der Waals surface area contributed by atoms with Gasteiger partial charge in [-0.15, -0.1) is 0 Å². The van der Waals surface area contributed by atoms with E-state index in [-0.39, 0.29) is 0 Å². The van der Waals surface area contributed by atoms with Crippen LogP contribution in [0, 0.1) is 6.92 Å². The molecule has 1 aliphatic rings. The van der Waals surface area contributed by atoms with Crippen LogP contribution in [0.5, 0.6) is 0 Å². The van der Waals surface area contributed by atoms with E-state index in [0.29, 0.717) is 13.1 Å². The summed E-state index contributed by atoms with van der Waals surface area (Å²) in [5.74, 6) is 0. The number of nitrogens with one attached hydrogen (secondary N) is 1. The third kappa shape index (κ3) is 5.97. The van der Waals surface area contributed by atoms with Crippen LogP contribution in [0.4, 0.5) is 0 Å². The number of hydrogen-bond donors (Lipinski definition) is 1. The normalized spacial score (nSPS) is 17.4. The van der Waals surface area contributed by atoms with E-state index in [0.717, 1.165) is 37.4 Å². The third-order valence-electron chi connectivity index (χ3n) is 3.35. The molecular weight excluding hydrogens is 288 g/mol. The molecule has 0 aliphatic carbocycles. The lowest BCUT2D eigenvalue weighted by Crippen LogP contribution is -2.41. The van der Waals surface area contributed by atoms with Crippen molar-refractivity contribution in [3.8, 4) is 0 Å². The van der Waals surface area contributed by atoms with Crippen molar-refractivity contribution in [2.24, 2.45) is 0 Å². The Hall–Kier alpha value is -1.21. The molecule has 1 aromatic rings. The van der Waals surface area contributed by atoms with E-state index in [4.69, 9.17) is 4.74 Å². The molecule has 0 atom stereocenters. The molecular formula is C15H22N2O3S. The van der Waals surface area contributed by atoms with Crippen LogP contribution in [0.2, 0.25) is 0 Å². The number of nitrogens with zero attached hydrogens (tertiary/aromatic N) is 1. The molecule has 1 aliphatic heterocycles. The van der Waals surface area contributed by atoms with Crippen molar-refractivity contribution in [2.75, 3.05) is 39.4 Å². The van der Waals surface area contributed by atoms with Crippen molar-refractivity contribution in [3.63, 3.8) is 0 Å². The van der Waals surface area contributed by atoms with Gasteiger partial charge >= 0.3 is 0 Å². The highest BCUT2D eigenvalue weighted by Gasteiger charge is 2.11. The molecule has 1 aromatic carbocycles. The molecule has 0 unspecified atom stereocenters. The van der Waals surface area contributed by atoms with Gasteiger partial charge in [-0.3, -0.25) is 4.90 Å². The molecule has 0 saturated carbocycles. The zero-order valence-electron chi connectivity index (χ0n) is 12.3. The van der Waals surface area contributed by atoms with Gasteiger partial charge in [-0.25, -0.2) is 13.1 Å². The van der Waals surface area contributed by atoms with E-state index in [1.807, 2.05) is 31.2 Å². The van der Waals surface area contributed by atoms with E-state index in [1.165, 1.54) is 5.41 Å². The highest BCUT2D eigenvalue weighted by molar-refractivity contribution is 7.92. The fraction of sp³-hybridized carbons (Fsp3) is 0.467. The number of ether oxygens (including phenoxy) is 1. The summed E-state index contributed by atoms with van der Waals surface area (Å²) >= 11 is 0. The Bertz CT molecular complexity index is 561. The Balaban J connectivity index is 1.79. The molecule has 116 valence electrons. The lowest BCUT2D eigenvalue weighted by molar-refractivity contribution is 0.0390. The molecule has 5 nitrogen and oxygen atoms in total. The van der Waals surface area contributed by atoms with Crippen molar-refractivity contribution in [1.29, 1.82) is 0 Å². The van der Waals surface area contributed by atoms with Crippen LogP contribution in [0.3, 0.4) is 0 Å². The van der Waals surface area contributed by atoms with Crippen molar-refractivity contribution in [3.05, 3.63) is 40.8 Å². The van der Waals surface area contributed by atoms with Gasteiger partial charge < -0.3 is 4.74 Å². The number of rotatable bonds is 6. The molecule has 2 rings (SSSR count). The quantitative estimate of drug-likeness (QED) is 0.858. The molecule has 1 heterocycles. The molecule has 21 heavy (non-hydrogen) atoms. The van der Waals surface area contributed by atoms with Crippen LogP contribution in [-0.2, 0) is 14.8 Å². The molecule has 6 heteroatoms. The minimum absolute atomic E-state index is 0.417. The van der Waals surface area contributed by atoms with Crippen molar-refractivity contribution >= 4 is 16.1 Å². The first-order valence-electron chi connectivity index (χ1n) is 7.10. The predicted octanol–water partition coefficient (Wildman–Crippen LogP) is 1.22. The summed E-state index contributed by atoms with van der Waals surface area (Å²) in [6.45, 7) is 6.29. The second-order valence-corrected chi connectivity index (χ2v) is 6.76. The molecule has 0 spiro atoms. The summed E-state index contributed by atoms with van der Waals surface area (Å²) in [6.07, 6.45) is 1.61. The third-order valence-corrected chi connectivity index (χ3v) is 4.45. The summed E-state index contributed by atoms with van der Waals surface area (Å²) < 4.78 is 31.6. The molecule has 0 bridgehead atoms. The second kappa shape index (κ2) is 7.70. The van der Waals surface area contributed by atoms with Crippen LogP contribution in [0.15, 0.2) is 29.7 Å². The topological polar surface area (TPSA) is 58.6 Å². The Morgan fingerprint density at radius 2 is 1.90 bits per heavy atom. The molecule has 0 radical (unpaired) electrons. The molecule has 1 N–H and O–H groups in total. The van der Waals surface area contributed by atoms with Crippen LogP contribution in [0.1, 0.15) is 11.1 Å². The SMILES string of the molecule is Cc1ccc(/C=C/S(=O)(=O)NCCN2CCOCC2)cc1. The first-order valence-corrected chi connectivity index (χ1v) is 8.64. The Morgan fingerprint density at radius 3 is 2.57 bits per heavy atom. The summed E-state index contributed by atoms with van der Waals surface area (Å²) in [5, 5.41) is 1.22. The molecule has 0 aromatic heterocycles. The number of morpholine rings is 1. The zero-order valence-corrected chi connectivity index (χ0v) is 13.1. The van der Waals surface area contributed by atoms with Gasteiger partial charge in [0.1, 0.15) is 0 Å². The lowest BCUT2D eigenvalue weighted by atomic mass is 10.2. The van der Waals surface area contributed by atoms with Crippen LogP contribution in [-0.4, -0.2) is 52.7 Å². The minimum atomic E-state index is -3.38. The van der Waals surface area contributed by atoms with Gasteiger partial charge in [-0.2, -0.15) is 0 Å². The minimum Gasteiger partial charge on any atom is -0.379 e. The summed E-state index contributed by atoms with van der Waals surface area (Å²) in [6, 6.07) is 7.71. The predicted molar refractivity (Wildman–Crippen MR) is 84.4 cm³/mol. The maximum absolute atomic E-state index is 11.9. The number of benzene rings is 1. The van der Waals surface area contributed by atoms with E-state index in [9.17, 15) is 8.42 Å². The maximum Gasteiger partial charge on any atom is 0.233 e. The van der Waals surface area contributed by atoms with Gasteiger partial charge in [0.25, 0.3) is 0 Å². The first-order chi connectivity index (χ1) is 10.1. The highest BCUT2D eigenvalue weighted by Crippen LogP contribution is 2.06. The van der Waals surface area contributed by atoms with E-state index >= 15 is 0 Å². The molecule has 1 saturated heterocycles. The Kier molecular flexibility index (Phi) is 5.93. The average molecular weight is 310 g/mol. The lowest BCUT2D eigenvalue weighted by Gasteiger charge is -2.26. The smallest absolute Gasteiger partial charge is 0.233 e. The fourth-order valence-electron chi connectivity index (χ4n) is 2.06. The average Bonchev–Trinajstić information content (AvgIpc) is 2.48. The molecule has 0 amide bonds. The Labute approximate surface area is 126 Å². The van der Waals surface area contributed by atoms with Gasteiger partial charge in [0.2, 0.25) is 10.0 Å². The number of aryl methyl sites for hydroxylation is 1. The van der Waals surface area contributed by atoms with Crippen molar-refractivity contribution in [2.45, 2.75) is 6.92 Å². The summed E-state index contributed by atoms with van der Waals surface area (Å²) in [4.78, 5) is 2.19. The van der Waals surface area contributed by atoms with Crippen molar-refractivity contribution in [1.82, 2.24) is 9.62 Å². The van der Waals surface area contributed by atoms with Crippen LogP contribution >= 0.6 is 0 Å². The van der Waals surface area contributed by atoms with Crippen LogP contribution < -0.4 is 4.72 Å². The Morgan fingerprint density at radius 1 is 1.24 bits per heavy atom. The van der Waals surface area contributed by atoms with E-state index < -0.39 is 10.0 Å². The maximum atomic E-state index is 11.9. The van der Waals surface area contributed by atoms with Crippen LogP contribution in [0.25, 0.3) is 6.08 Å². The first kappa shape index (κ1) is 16.2. The van der Waals surface area contributed by atoms with Gasteiger partial charge in [0.05, 0.1) is 13.2 Å². The van der Waals surface area contributed by atoms with E-state index in [2.05, 4.69) is 9.62 Å². The summed E-state index contributed by atoms with van der Waals surface area (Å²) in [5.41, 5.74) is 2.03. The number of hydrogen-bond acceptors (Lipinski definition) is 4. The van der Waals surface area contributed by atoms with Gasteiger partial charge in [0.15, 0.2) is 0 Å². The standard InChI is InChI=1S/C15H22N2O3S/c1-14-2-4-15(5-3-14)6-13-21(18,19)16-7-8-17-9-11-20-12-10-17/h2-6,13,16H,7-12H2,1H3/b13-6+. The van der Waals surface area contributed by atoms with Gasteiger partial charge in [-0.1, -0.05) is 29.8 Å². The number of sulfonamides is 1. The van der Waals surface area contributed by atoms with Crippen molar-refractivity contribution < 1.29 is 13.2 Å².